The van der Waals surface area contributed by atoms with Crippen LogP contribution in [0.3, 0.4) is 0 Å². The van der Waals surface area contributed by atoms with Crippen LogP contribution in [0.4, 0.5) is 27.5 Å². The highest BCUT2D eigenvalue weighted by Gasteiger charge is 2.55. The first-order chi connectivity index (χ1) is 19.7. The number of anilines is 4. The van der Waals surface area contributed by atoms with Crippen LogP contribution in [0.1, 0.15) is 39.0 Å². The van der Waals surface area contributed by atoms with E-state index in [2.05, 4.69) is 45.4 Å². The number of hydrogen-bond donors (Lipinski definition) is 2. The number of nitrogens with zero attached hydrogens (tertiary/aromatic N) is 4. The van der Waals surface area contributed by atoms with Crippen LogP contribution in [0.25, 0.3) is 0 Å². The summed E-state index contributed by atoms with van der Waals surface area (Å²) in [6.45, 7) is 5.36. The van der Waals surface area contributed by atoms with Gasteiger partial charge in [0.05, 0.1) is 22.7 Å². The molecule has 9 nitrogen and oxygen atoms in total. The summed E-state index contributed by atoms with van der Waals surface area (Å²) < 4.78 is 26.0. The minimum Gasteiger partial charge on any atom is -0.390 e. The molecule has 0 spiro atoms. The third-order valence-electron chi connectivity index (χ3n) is 10.3. The molecule has 2 aromatic rings. The zero-order valence-corrected chi connectivity index (χ0v) is 24.6. The highest BCUT2D eigenvalue weighted by molar-refractivity contribution is 7.89. The van der Waals surface area contributed by atoms with Crippen LogP contribution in [0.2, 0.25) is 0 Å². The van der Waals surface area contributed by atoms with Gasteiger partial charge in [0.15, 0.2) is 0 Å². The van der Waals surface area contributed by atoms with Crippen LogP contribution in [0.5, 0.6) is 0 Å². The number of sulfonamides is 1. The van der Waals surface area contributed by atoms with E-state index in [9.17, 15) is 18.3 Å². The number of carbonyl (C=O) groups excluding carboxylic acids is 1. The lowest BCUT2D eigenvalue weighted by atomic mass is 9.52. The number of hydrogen-bond acceptors (Lipinski definition) is 6. The van der Waals surface area contributed by atoms with Crippen LogP contribution in [-0.4, -0.2) is 80.5 Å². The second-order valence-electron chi connectivity index (χ2n) is 12.8. The van der Waals surface area contributed by atoms with E-state index in [4.69, 9.17) is 0 Å². The van der Waals surface area contributed by atoms with Crippen LogP contribution in [0, 0.1) is 17.8 Å². The zero-order valence-electron chi connectivity index (χ0n) is 23.8. The maximum atomic E-state index is 13.7. The van der Waals surface area contributed by atoms with Gasteiger partial charge in [0.2, 0.25) is 10.0 Å². The van der Waals surface area contributed by atoms with Crippen molar-refractivity contribution in [3.8, 4) is 0 Å². The Kier molecular flexibility index (Phi) is 6.71. The van der Waals surface area contributed by atoms with E-state index in [-0.39, 0.29) is 17.8 Å². The lowest BCUT2D eigenvalue weighted by molar-refractivity contribution is -0.136. The normalized spacial score (nSPS) is 31.3. The minimum absolute atomic E-state index is 0.0267. The molecule has 0 radical (unpaired) electrons. The van der Waals surface area contributed by atoms with Gasteiger partial charge >= 0.3 is 6.03 Å². The smallest absolute Gasteiger partial charge is 0.322 e. The summed E-state index contributed by atoms with van der Waals surface area (Å²) in [5.41, 5.74) is 3.59. The molecule has 4 saturated carbocycles. The molecule has 8 rings (SSSR count). The van der Waals surface area contributed by atoms with Crippen molar-refractivity contribution in [1.82, 2.24) is 9.62 Å². The Hall–Kier alpha value is -2.82. The average Bonchev–Trinajstić information content (AvgIpc) is 2.97. The standard InChI is InChI=1S/C31H41N5O4S/c1-2-41(39,40)34-13-11-33(12-14-34)25-7-9-26(10-8-25)35-15-16-36(28-6-4-3-5-27(28)35)30(37)32-29-23-17-22-18-24(29)21-31(38,19-22)20-23/h3-10,22-24,29,38H,2,11-21H2,1H3,(H,32,37)/t22?,23?,24?,29-,31+. The lowest BCUT2D eigenvalue weighted by Gasteiger charge is -2.58. The van der Waals surface area contributed by atoms with E-state index >= 15 is 0 Å². The fraction of sp³-hybridized carbons (Fsp3) is 0.581. The highest BCUT2D eigenvalue weighted by atomic mass is 32.2. The summed E-state index contributed by atoms with van der Waals surface area (Å²) in [6.07, 6.45) is 4.82. The maximum absolute atomic E-state index is 13.7. The maximum Gasteiger partial charge on any atom is 0.322 e. The van der Waals surface area contributed by atoms with Crippen molar-refractivity contribution in [3.63, 3.8) is 0 Å². The second-order valence-corrected chi connectivity index (χ2v) is 15.0. The fourth-order valence-electron chi connectivity index (χ4n) is 8.53. The van der Waals surface area contributed by atoms with Crippen molar-refractivity contribution in [2.75, 3.05) is 59.7 Å². The van der Waals surface area contributed by atoms with Crippen LogP contribution < -0.4 is 20.0 Å². The molecule has 2 amide bonds. The molecule has 2 N–H and O–H groups in total. The van der Waals surface area contributed by atoms with Gasteiger partial charge in [-0.3, -0.25) is 4.90 Å². The molecule has 2 unspecified atom stereocenters. The van der Waals surface area contributed by atoms with Crippen molar-refractivity contribution < 1.29 is 18.3 Å². The summed E-state index contributed by atoms with van der Waals surface area (Å²) in [5, 5.41) is 14.4. The van der Waals surface area contributed by atoms with Crippen molar-refractivity contribution in [3.05, 3.63) is 48.5 Å². The number of rotatable bonds is 5. The molecule has 5 fully saturated rings. The number of amides is 2. The zero-order chi connectivity index (χ0) is 28.4. The Morgan fingerprint density at radius 2 is 1.51 bits per heavy atom. The average molecular weight is 580 g/mol. The Bertz CT molecular complexity index is 1390. The summed E-state index contributed by atoms with van der Waals surface area (Å²) in [6, 6.07) is 16.7. The van der Waals surface area contributed by atoms with Crippen molar-refractivity contribution in [2.24, 2.45) is 17.8 Å². The van der Waals surface area contributed by atoms with Crippen molar-refractivity contribution in [1.29, 1.82) is 0 Å². The first kappa shape index (κ1) is 27.0. The van der Waals surface area contributed by atoms with Gasteiger partial charge < -0.3 is 20.2 Å². The molecule has 4 aliphatic carbocycles. The second kappa shape index (κ2) is 10.2. The van der Waals surface area contributed by atoms with Gasteiger partial charge in [-0.15, -0.1) is 0 Å². The first-order valence-electron chi connectivity index (χ1n) is 15.2. The number of urea groups is 1. The topological polar surface area (TPSA) is 96.4 Å². The van der Waals surface area contributed by atoms with Crippen LogP contribution in [0.15, 0.2) is 48.5 Å². The van der Waals surface area contributed by atoms with Gasteiger partial charge in [0.25, 0.3) is 0 Å². The number of fused-ring (bicyclic) bond motifs is 1. The predicted octanol–water partition coefficient (Wildman–Crippen LogP) is 3.77. The van der Waals surface area contributed by atoms with E-state index in [1.165, 1.54) is 0 Å². The number of benzene rings is 2. The molecule has 2 aliphatic heterocycles. The fourth-order valence-corrected chi connectivity index (χ4v) is 9.61. The molecule has 41 heavy (non-hydrogen) atoms. The number of nitrogens with one attached hydrogen (secondary N) is 1. The molecular formula is C31H41N5O4S. The van der Waals surface area contributed by atoms with Gasteiger partial charge in [-0.05, 0) is 93.2 Å². The van der Waals surface area contributed by atoms with Crippen LogP contribution >= 0.6 is 0 Å². The quantitative estimate of drug-likeness (QED) is 0.560. The minimum atomic E-state index is -3.15. The number of para-hydroxylation sites is 2. The number of piperazine rings is 1. The molecule has 4 bridgehead atoms. The number of carbonyl (C=O) groups is 1. The predicted molar refractivity (Wildman–Crippen MR) is 161 cm³/mol. The number of aliphatic hydroxyl groups is 1. The molecule has 0 aromatic heterocycles. The van der Waals surface area contributed by atoms with Gasteiger partial charge in [-0.25, -0.2) is 13.2 Å². The molecule has 10 heteroatoms. The monoisotopic (exact) mass is 579 g/mol. The van der Waals surface area contributed by atoms with E-state index in [1.54, 1.807) is 11.2 Å². The Morgan fingerprint density at radius 3 is 2.15 bits per heavy atom. The first-order valence-corrected chi connectivity index (χ1v) is 16.8. The molecule has 1 saturated heterocycles. The molecule has 2 atom stereocenters. The Morgan fingerprint density at radius 1 is 0.878 bits per heavy atom. The molecule has 6 aliphatic rings. The van der Waals surface area contributed by atoms with E-state index in [1.807, 2.05) is 23.1 Å². The lowest BCUT2D eigenvalue weighted by Crippen LogP contribution is -2.63. The van der Waals surface area contributed by atoms with Crippen molar-refractivity contribution >= 4 is 38.8 Å². The summed E-state index contributed by atoms with van der Waals surface area (Å²) in [7, 11) is -3.15. The summed E-state index contributed by atoms with van der Waals surface area (Å²) in [5.74, 6) is 1.52. The SMILES string of the molecule is CCS(=O)(=O)N1CCN(c2ccc(N3CCN(C(=O)N[C@H]4C5CC6CC4C[C@@](O)(C6)C5)c4ccccc43)cc2)CC1. The summed E-state index contributed by atoms with van der Waals surface area (Å²) in [4.78, 5) is 20.1. The third-order valence-corrected chi connectivity index (χ3v) is 12.2. The summed E-state index contributed by atoms with van der Waals surface area (Å²) >= 11 is 0. The van der Waals surface area contributed by atoms with Crippen molar-refractivity contribution in [2.45, 2.75) is 50.7 Å². The van der Waals surface area contributed by atoms with E-state index in [0.29, 0.717) is 57.0 Å². The van der Waals surface area contributed by atoms with E-state index < -0.39 is 15.6 Å². The Balaban J connectivity index is 1.04. The largest absolute Gasteiger partial charge is 0.390 e. The van der Waals surface area contributed by atoms with Gasteiger partial charge in [0.1, 0.15) is 0 Å². The van der Waals surface area contributed by atoms with E-state index in [0.717, 1.165) is 54.9 Å². The highest BCUT2D eigenvalue weighted by Crippen LogP contribution is 2.55. The third kappa shape index (κ3) is 4.87. The van der Waals surface area contributed by atoms with Gasteiger partial charge in [0, 0.05) is 56.7 Å². The molecular weight excluding hydrogens is 538 g/mol. The Labute approximate surface area is 243 Å². The van der Waals surface area contributed by atoms with Crippen LogP contribution in [-0.2, 0) is 10.0 Å². The molecule has 220 valence electrons. The molecule has 2 aromatic carbocycles. The molecule has 2 heterocycles. The van der Waals surface area contributed by atoms with Gasteiger partial charge in [-0.1, -0.05) is 12.1 Å². The van der Waals surface area contributed by atoms with Gasteiger partial charge in [-0.2, -0.15) is 4.31 Å².